The van der Waals surface area contributed by atoms with Crippen LogP contribution in [0.1, 0.15) is 29.5 Å². The summed E-state index contributed by atoms with van der Waals surface area (Å²) in [6, 6.07) is 15.9. The van der Waals surface area contributed by atoms with Gasteiger partial charge in [0.05, 0.1) is 29.3 Å². The Labute approximate surface area is 180 Å². The van der Waals surface area contributed by atoms with Gasteiger partial charge in [-0.2, -0.15) is 0 Å². The zero-order chi connectivity index (χ0) is 21.1. The third-order valence-electron chi connectivity index (χ3n) is 5.44. The monoisotopic (exact) mass is 422 g/mol. The van der Waals surface area contributed by atoms with Gasteiger partial charge in [0.2, 0.25) is 11.8 Å². The van der Waals surface area contributed by atoms with Crippen LogP contribution in [0.4, 0.5) is 5.69 Å². The average molecular weight is 423 g/mol. The third-order valence-corrected chi connectivity index (χ3v) is 6.58. The molecule has 0 unspecified atom stereocenters. The average Bonchev–Trinajstić information content (AvgIpc) is 3.35. The second-order valence-corrected chi connectivity index (χ2v) is 8.87. The van der Waals surface area contributed by atoms with Crippen molar-refractivity contribution in [3.8, 4) is 0 Å². The maximum Gasteiger partial charge on any atom is 0.243 e. The summed E-state index contributed by atoms with van der Waals surface area (Å²) < 4.78 is 1.18. The molecule has 0 aliphatic carbocycles. The van der Waals surface area contributed by atoms with Crippen molar-refractivity contribution in [2.45, 2.75) is 25.8 Å². The van der Waals surface area contributed by atoms with E-state index in [9.17, 15) is 9.59 Å². The molecule has 0 spiro atoms. The Morgan fingerprint density at radius 2 is 1.97 bits per heavy atom. The topological polar surface area (TPSA) is 65.5 Å². The fraction of sp³-hybridized carbons (Fsp3) is 0.348. The number of aromatic nitrogens is 1. The summed E-state index contributed by atoms with van der Waals surface area (Å²) in [5, 5.41) is 3.91. The highest BCUT2D eigenvalue weighted by molar-refractivity contribution is 7.18. The van der Waals surface area contributed by atoms with Gasteiger partial charge in [-0.1, -0.05) is 29.8 Å². The molecule has 1 atom stereocenters. The number of fused-ring (bicyclic) bond motifs is 1. The Morgan fingerprint density at radius 3 is 2.73 bits per heavy atom. The van der Waals surface area contributed by atoms with Crippen LogP contribution in [0.2, 0.25) is 0 Å². The van der Waals surface area contributed by atoms with Gasteiger partial charge in [-0.15, -0.1) is 11.3 Å². The maximum absolute atomic E-state index is 12.8. The van der Waals surface area contributed by atoms with Crippen LogP contribution in [0, 0.1) is 6.92 Å². The number of carbonyl (C=O) groups is 2. The lowest BCUT2D eigenvalue weighted by molar-refractivity contribution is -0.134. The first-order valence-corrected chi connectivity index (χ1v) is 11.0. The highest BCUT2D eigenvalue weighted by atomic mass is 32.1. The fourth-order valence-corrected chi connectivity index (χ4v) is 4.90. The van der Waals surface area contributed by atoms with Gasteiger partial charge in [-0.05, 0) is 50.6 Å². The largest absolute Gasteiger partial charge is 0.335 e. The normalized spacial score (nSPS) is 16.7. The molecular weight excluding hydrogens is 396 g/mol. The van der Waals surface area contributed by atoms with Crippen molar-refractivity contribution >= 4 is 39.1 Å². The van der Waals surface area contributed by atoms with Crippen LogP contribution >= 0.6 is 11.3 Å². The number of thiazole rings is 1. The number of hydrogen-bond acceptors (Lipinski definition) is 5. The molecule has 1 saturated heterocycles. The summed E-state index contributed by atoms with van der Waals surface area (Å²) >= 11 is 1.70. The number of rotatable bonds is 6. The first kappa shape index (κ1) is 20.5. The van der Waals surface area contributed by atoms with E-state index in [-0.39, 0.29) is 24.4 Å². The minimum Gasteiger partial charge on any atom is -0.335 e. The van der Waals surface area contributed by atoms with Gasteiger partial charge >= 0.3 is 0 Å². The van der Waals surface area contributed by atoms with Crippen molar-refractivity contribution in [3.63, 3.8) is 0 Å². The lowest BCUT2D eigenvalue weighted by Crippen LogP contribution is -2.41. The number of likely N-dealkylation sites (N-methyl/N-ethyl adjacent to an activating group) is 1. The van der Waals surface area contributed by atoms with Gasteiger partial charge in [0.1, 0.15) is 5.01 Å². The molecule has 1 N–H and O–H groups in total. The number of carbonyl (C=O) groups excluding carboxylic acids is 2. The summed E-state index contributed by atoms with van der Waals surface area (Å²) in [4.78, 5) is 33.5. The smallest absolute Gasteiger partial charge is 0.243 e. The Kier molecular flexibility index (Phi) is 6.11. The Balaban J connectivity index is 1.34. The molecule has 6 nitrogen and oxygen atoms in total. The van der Waals surface area contributed by atoms with E-state index in [2.05, 4.69) is 16.3 Å². The van der Waals surface area contributed by atoms with Gasteiger partial charge in [0.15, 0.2) is 0 Å². The molecule has 4 rings (SSSR count). The van der Waals surface area contributed by atoms with E-state index < -0.39 is 0 Å². The molecule has 1 aromatic heterocycles. The van der Waals surface area contributed by atoms with Gasteiger partial charge in [-0.25, -0.2) is 4.98 Å². The molecule has 1 fully saturated rings. The van der Waals surface area contributed by atoms with Crippen LogP contribution in [0.3, 0.4) is 0 Å². The quantitative estimate of drug-likeness (QED) is 0.656. The minimum absolute atomic E-state index is 0.0341. The van der Waals surface area contributed by atoms with Crippen molar-refractivity contribution in [1.82, 2.24) is 14.8 Å². The summed E-state index contributed by atoms with van der Waals surface area (Å²) in [5.74, 6) is -0.249. The Morgan fingerprint density at radius 1 is 1.20 bits per heavy atom. The number of para-hydroxylation sites is 1. The van der Waals surface area contributed by atoms with Crippen LogP contribution < -0.4 is 5.32 Å². The standard InChI is InChI=1S/C23H26N4O2S/c1-16-9-11-17(12-10-16)24-21(28)14-26(2)22(29)15-27-13-5-7-19(27)23-25-18-6-3-4-8-20(18)30-23/h3-4,6,8-12,19H,5,7,13-15H2,1-2H3,(H,24,28)/t19-/m0/s1. The summed E-state index contributed by atoms with van der Waals surface area (Å²) in [5.41, 5.74) is 2.89. The van der Waals surface area contributed by atoms with E-state index in [1.165, 1.54) is 9.60 Å². The molecule has 3 aromatic rings. The number of nitrogens with one attached hydrogen (secondary N) is 1. The molecule has 2 amide bonds. The maximum atomic E-state index is 12.8. The van der Waals surface area contributed by atoms with Gasteiger partial charge in [0.25, 0.3) is 0 Å². The van der Waals surface area contributed by atoms with E-state index >= 15 is 0 Å². The van der Waals surface area contributed by atoms with Gasteiger partial charge in [-0.3, -0.25) is 14.5 Å². The fourth-order valence-electron chi connectivity index (χ4n) is 3.76. The van der Waals surface area contributed by atoms with Crippen LogP contribution in [0.25, 0.3) is 10.2 Å². The second kappa shape index (κ2) is 8.93. The van der Waals surface area contributed by atoms with Crippen molar-refractivity contribution in [1.29, 1.82) is 0 Å². The van der Waals surface area contributed by atoms with Crippen LogP contribution in [0.15, 0.2) is 48.5 Å². The van der Waals surface area contributed by atoms with Crippen LogP contribution in [-0.4, -0.2) is 53.3 Å². The first-order chi connectivity index (χ1) is 14.5. The highest BCUT2D eigenvalue weighted by Crippen LogP contribution is 2.36. The van der Waals surface area contributed by atoms with Crippen molar-refractivity contribution in [2.24, 2.45) is 0 Å². The Hall–Kier alpha value is -2.77. The molecule has 156 valence electrons. The SMILES string of the molecule is Cc1ccc(NC(=O)CN(C)C(=O)CN2CCC[C@H]2c2nc3ccccc3s2)cc1. The lowest BCUT2D eigenvalue weighted by Gasteiger charge is -2.25. The molecule has 0 bridgehead atoms. The second-order valence-electron chi connectivity index (χ2n) is 7.81. The predicted molar refractivity (Wildman–Crippen MR) is 121 cm³/mol. The van der Waals surface area contributed by atoms with E-state index in [4.69, 9.17) is 4.98 Å². The number of amides is 2. The molecule has 0 radical (unpaired) electrons. The first-order valence-electron chi connectivity index (χ1n) is 10.2. The van der Waals surface area contributed by atoms with Gasteiger partial charge < -0.3 is 10.2 Å². The number of benzene rings is 2. The number of aryl methyl sites for hydroxylation is 1. The predicted octanol–water partition coefficient (Wildman–Crippen LogP) is 3.84. The molecule has 1 aliphatic rings. The van der Waals surface area contributed by atoms with E-state index in [1.807, 2.05) is 49.4 Å². The molecule has 2 heterocycles. The van der Waals surface area contributed by atoms with Crippen molar-refractivity contribution in [3.05, 3.63) is 59.1 Å². The zero-order valence-electron chi connectivity index (χ0n) is 17.3. The zero-order valence-corrected chi connectivity index (χ0v) is 18.1. The summed E-state index contributed by atoms with van der Waals surface area (Å²) in [7, 11) is 1.68. The highest BCUT2D eigenvalue weighted by Gasteiger charge is 2.31. The number of nitrogens with zero attached hydrogens (tertiary/aromatic N) is 3. The van der Waals surface area contributed by atoms with E-state index in [1.54, 1.807) is 18.4 Å². The molecule has 30 heavy (non-hydrogen) atoms. The third kappa shape index (κ3) is 4.68. The summed E-state index contributed by atoms with van der Waals surface area (Å²) in [6.45, 7) is 3.20. The Bertz CT molecular complexity index is 1010. The number of anilines is 1. The van der Waals surface area contributed by atoms with Gasteiger partial charge in [0, 0.05) is 12.7 Å². The van der Waals surface area contributed by atoms with Crippen molar-refractivity contribution in [2.75, 3.05) is 32.0 Å². The van der Waals surface area contributed by atoms with Crippen LogP contribution in [-0.2, 0) is 9.59 Å². The van der Waals surface area contributed by atoms with E-state index in [0.717, 1.165) is 41.2 Å². The number of hydrogen-bond donors (Lipinski definition) is 1. The minimum atomic E-state index is -0.196. The molecule has 0 saturated carbocycles. The lowest BCUT2D eigenvalue weighted by atomic mass is 10.2. The molecule has 2 aromatic carbocycles. The van der Waals surface area contributed by atoms with E-state index in [0.29, 0.717) is 6.54 Å². The molecular formula is C23H26N4O2S. The summed E-state index contributed by atoms with van der Waals surface area (Å²) in [6.07, 6.45) is 2.05. The van der Waals surface area contributed by atoms with Crippen LogP contribution in [0.5, 0.6) is 0 Å². The number of likely N-dealkylation sites (tertiary alicyclic amines) is 1. The molecule has 7 heteroatoms. The molecule has 1 aliphatic heterocycles. The van der Waals surface area contributed by atoms with Crippen molar-refractivity contribution < 1.29 is 9.59 Å².